The van der Waals surface area contributed by atoms with Crippen LogP contribution in [0.5, 0.6) is 0 Å². The molecule has 0 atom stereocenters. The van der Waals surface area contributed by atoms with Gasteiger partial charge in [-0.1, -0.05) is 81.3 Å². The molecular weight excluding hydrogens is 412 g/mol. The van der Waals surface area contributed by atoms with Gasteiger partial charge in [0.15, 0.2) is 0 Å². The van der Waals surface area contributed by atoms with Crippen LogP contribution in [0.25, 0.3) is 11.1 Å². The molecule has 0 heterocycles. The van der Waals surface area contributed by atoms with Gasteiger partial charge in [0, 0.05) is 22.6 Å². The standard InChI is InChI=1S/C32H36N2/c1-3-5-10-25-14-19-29(20-15-25)34(30-21-16-26(17-22-30)11-6-4-2)32-23-18-28(33)24-31(32)27-12-8-7-9-13-27/h7-9,12-24H,3-6,10-11,33H2,1-2H3. The van der Waals surface area contributed by atoms with E-state index < -0.39 is 0 Å². The third-order valence-corrected chi connectivity index (χ3v) is 6.37. The van der Waals surface area contributed by atoms with Crippen LogP contribution in [0.15, 0.2) is 97.1 Å². The SMILES string of the molecule is CCCCc1ccc(N(c2ccc(CCCC)cc2)c2ccc(N)cc2-c2ccccc2)cc1. The van der Waals surface area contributed by atoms with Gasteiger partial charge in [-0.2, -0.15) is 0 Å². The van der Waals surface area contributed by atoms with Gasteiger partial charge in [0.1, 0.15) is 0 Å². The van der Waals surface area contributed by atoms with Crippen LogP contribution in [0.2, 0.25) is 0 Å². The van der Waals surface area contributed by atoms with Crippen molar-refractivity contribution in [3.8, 4) is 11.1 Å². The van der Waals surface area contributed by atoms with E-state index in [1.54, 1.807) is 0 Å². The maximum absolute atomic E-state index is 6.26. The topological polar surface area (TPSA) is 29.3 Å². The Kier molecular flexibility index (Phi) is 8.04. The van der Waals surface area contributed by atoms with Crippen LogP contribution in [-0.2, 0) is 12.8 Å². The van der Waals surface area contributed by atoms with Crippen molar-refractivity contribution in [1.29, 1.82) is 0 Å². The van der Waals surface area contributed by atoms with Gasteiger partial charge in [0.2, 0.25) is 0 Å². The summed E-state index contributed by atoms with van der Waals surface area (Å²) in [7, 11) is 0. The zero-order valence-electron chi connectivity index (χ0n) is 20.5. The van der Waals surface area contributed by atoms with Crippen molar-refractivity contribution >= 4 is 22.7 Å². The van der Waals surface area contributed by atoms with Crippen molar-refractivity contribution in [3.63, 3.8) is 0 Å². The number of nitrogen functional groups attached to an aromatic ring is 1. The van der Waals surface area contributed by atoms with Crippen LogP contribution in [-0.4, -0.2) is 0 Å². The lowest BCUT2D eigenvalue weighted by molar-refractivity contribution is 0.795. The quantitative estimate of drug-likeness (QED) is 0.245. The molecule has 0 bridgehead atoms. The second-order valence-electron chi connectivity index (χ2n) is 9.02. The highest BCUT2D eigenvalue weighted by molar-refractivity contribution is 5.89. The average Bonchev–Trinajstić information content (AvgIpc) is 2.89. The summed E-state index contributed by atoms with van der Waals surface area (Å²) in [5, 5.41) is 0. The van der Waals surface area contributed by atoms with E-state index in [0.29, 0.717) is 0 Å². The van der Waals surface area contributed by atoms with Gasteiger partial charge in [-0.25, -0.2) is 0 Å². The fraction of sp³-hybridized carbons (Fsp3) is 0.250. The highest BCUT2D eigenvalue weighted by Gasteiger charge is 2.17. The summed E-state index contributed by atoms with van der Waals surface area (Å²) in [5.74, 6) is 0. The Bertz CT molecular complexity index is 1110. The zero-order valence-corrected chi connectivity index (χ0v) is 20.5. The Labute approximate surface area is 205 Å². The second kappa shape index (κ2) is 11.6. The number of nitrogens with two attached hydrogens (primary N) is 1. The highest BCUT2D eigenvalue weighted by atomic mass is 15.1. The van der Waals surface area contributed by atoms with Crippen LogP contribution in [0.3, 0.4) is 0 Å². The van der Waals surface area contributed by atoms with Gasteiger partial charge in [-0.15, -0.1) is 0 Å². The second-order valence-corrected chi connectivity index (χ2v) is 9.02. The van der Waals surface area contributed by atoms with E-state index in [1.807, 2.05) is 6.07 Å². The van der Waals surface area contributed by atoms with Crippen LogP contribution >= 0.6 is 0 Å². The van der Waals surface area contributed by atoms with Crippen molar-refractivity contribution in [2.45, 2.75) is 52.4 Å². The fourth-order valence-corrected chi connectivity index (χ4v) is 4.41. The first-order valence-corrected chi connectivity index (χ1v) is 12.6. The lowest BCUT2D eigenvalue weighted by Crippen LogP contribution is -2.11. The maximum atomic E-state index is 6.26. The summed E-state index contributed by atoms with van der Waals surface area (Å²) >= 11 is 0. The van der Waals surface area contributed by atoms with Crippen LogP contribution in [0.4, 0.5) is 22.7 Å². The van der Waals surface area contributed by atoms with Gasteiger partial charge in [-0.05, 0) is 84.8 Å². The Morgan fingerprint density at radius 2 is 1.15 bits per heavy atom. The average molecular weight is 449 g/mol. The zero-order chi connectivity index (χ0) is 23.8. The predicted molar refractivity (Wildman–Crippen MR) is 148 cm³/mol. The van der Waals surface area contributed by atoms with Crippen LogP contribution < -0.4 is 10.6 Å². The molecule has 4 aromatic rings. The molecule has 2 heteroatoms. The minimum absolute atomic E-state index is 0.771. The molecule has 34 heavy (non-hydrogen) atoms. The molecule has 2 N–H and O–H groups in total. The number of hydrogen-bond acceptors (Lipinski definition) is 2. The van der Waals surface area contributed by atoms with E-state index in [2.05, 4.69) is 110 Å². The van der Waals surface area contributed by atoms with Crippen molar-refractivity contribution in [1.82, 2.24) is 0 Å². The third-order valence-electron chi connectivity index (χ3n) is 6.37. The predicted octanol–water partition coefficient (Wildman–Crippen LogP) is 9.09. The summed E-state index contributed by atoms with van der Waals surface area (Å²) in [5.41, 5.74) is 15.5. The number of anilines is 4. The summed E-state index contributed by atoms with van der Waals surface area (Å²) in [6, 6.07) is 34.8. The first kappa shape index (κ1) is 23.6. The molecule has 0 aromatic heterocycles. The summed E-state index contributed by atoms with van der Waals surface area (Å²) < 4.78 is 0. The molecule has 4 rings (SSSR count). The minimum atomic E-state index is 0.771. The van der Waals surface area contributed by atoms with E-state index in [0.717, 1.165) is 46.7 Å². The number of unbranched alkanes of at least 4 members (excludes halogenated alkanes) is 2. The Morgan fingerprint density at radius 3 is 1.65 bits per heavy atom. The monoisotopic (exact) mass is 448 g/mol. The third kappa shape index (κ3) is 5.69. The molecule has 0 aliphatic carbocycles. The molecule has 0 unspecified atom stereocenters. The molecule has 0 aliphatic heterocycles. The molecular formula is C32H36N2. The number of nitrogens with zero attached hydrogens (tertiary/aromatic N) is 1. The molecule has 0 fully saturated rings. The molecule has 0 saturated heterocycles. The largest absolute Gasteiger partial charge is 0.399 e. The van der Waals surface area contributed by atoms with E-state index >= 15 is 0 Å². The van der Waals surface area contributed by atoms with Gasteiger partial charge in [0.25, 0.3) is 0 Å². The lowest BCUT2D eigenvalue weighted by atomic mass is 10.00. The first-order valence-electron chi connectivity index (χ1n) is 12.6. The molecule has 0 aliphatic rings. The lowest BCUT2D eigenvalue weighted by Gasteiger charge is -2.28. The molecule has 2 nitrogen and oxygen atoms in total. The van der Waals surface area contributed by atoms with Crippen molar-refractivity contribution in [2.24, 2.45) is 0 Å². The van der Waals surface area contributed by atoms with E-state index in [1.165, 1.54) is 36.8 Å². The first-order chi connectivity index (χ1) is 16.7. The van der Waals surface area contributed by atoms with E-state index in [-0.39, 0.29) is 0 Å². The minimum Gasteiger partial charge on any atom is -0.399 e. The summed E-state index contributed by atoms with van der Waals surface area (Å²) in [6.07, 6.45) is 7.12. The van der Waals surface area contributed by atoms with Crippen LogP contribution in [0.1, 0.15) is 50.7 Å². The fourth-order valence-electron chi connectivity index (χ4n) is 4.41. The highest BCUT2D eigenvalue weighted by Crippen LogP contribution is 2.41. The molecule has 4 aromatic carbocycles. The van der Waals surface area contributed by atoms with Gasteiger partial charge >= 0.3 is 0 Å². The van der Waals surface area contributed by atoms with Gasteiger partial charge in [-0.3, -0.25) is 0 Å². The smallest absolute Gasteiger partial charge is 0.0541 e. The molecule has 174 valence electrons. The molecule has 0 spiro atoms. The Balaban J connectivity index is 1.81. The Morgan fingerprint density at radius 1 is 0.618 bits per heavy atom. The number of rotatable bonds is 10. The normalized spacial score (nSPS) is 10.9. The Hall–Kier alpha value is -3.52. The van der Waals surface area contributed by atoms with Gasteiger partial charge < -0.3 is 10.6 Å². The molecule has 0 saturated carbocycles. The summed E-state index contributed by atoms with van der Waals surface area (Å²) in [6.45, 7) is 4.49. The summed E-state index contributed by atoms with van der Waals surface area (Å²) in [4.78, 5) is 2.36. The van der Waals surface area contributed by atoms with Crippen molar-refractivity contribution in [2.75, 3.05) is 10.6 Å². The van der Waals surface area contributed by atoms with Crippen molar-refractivity contribution < 1.29 is 0 Å². The van der Waals surface area contributed by atoms with E-state index in [9.17, 15) is 0 Å². The molecule has 0 radical (unpaired) electrons. The number of aryl methyl sites for hydroxylation is 2. The van der Waals surface area contributed by atoms with Crippen molar-refractivity contribution in [3.05, 3.63) is 108 Å². The van der Waals surface area contributed by atoms with Gasteiger partial charge in [0.05, 0.1) is 5.69 Å². The van der Waals surface area contributed by atoms with E-state index in [4.69, 9.17) is 5.73 Å². The van der Waals surface area contributed by atoms with Crippen LogP contribution in [0, 0.1) is 0 Å². The maximum Gasteiger partial charge on any atom is 0.0541 e. The number of benzene rings is 4. The molecule has 0 amide bonds. The number of hydrogen-bond donors (Lipinski definition) is 1.